The van der Waals surface area contributed by atoms with Crippen molar-refractivity contribution in [2.24, 2.45) is 34.2 Å². The summed E-state index contributed by atoms with van der Waals surface area (Å²) < 4.78 is 11.0. The third kappa shape index (κ3) is 2.41. The number of imide groups is 1. The number of methoxy groups -OCH3 is 1. The molecule has 2 heterocycles. The Labute approximate surface area is 182 Å². The number of ether oxygens (including phenoxy) is 1. The number of benzene rings is 1. The number of amides is 2. The Balaban J connectivity index is 1.23. The molecule has 0 radical (unpaired) electrons. The molecule has 1 spiro atoms. The van der Waals surface area contributed by atoms with Gasteiger partial charge in [-0.15, -0.1) is 0 Å². The number of rotatable bonds is 5. The summed E-state index contributed by atoms with van der Waals surface area (Å²) in [6, 6.07) is 7.55. The van der Waals surface area contributed by atoms with Gasteiger partial charge in [0.1, 0.15) is 17.3 Å². The van der Waals surface area contributed by atoms with Gasteiger partial charge < -0.3 is 9.15 Å². The van der Waals surface area contributed by atoms with Gasteiger partial charge in [-0.1, -0.05) is 12.2 Å². The molecule has 1 aliphatic heterocycles. The second-order valence-electron chi connectivity index (χ2n) is 8.80. The van der Waals surface area contributed by atoms with Crippen LogP contribution in [0.25, 0.3) is 11.3 Å². The lowest BCUT2D eigenvalue weighted by Crippen LogP contribution is -2.30. The quantitative estimate of drug-likeness (QED) is 0.235. The van der Waals surface area contributed by atoms with Gasteiger partial charge in [0.05, 0.1) is 41.7 Å². The van der Waals surface area contributed by atoms with Crippen molar-refractivity contribution in [1.82, 2.24) is 5.01 Å². The molecule has 0 N–H and O–H groups in total. The highest BCUT2D eigenvalue weighted by Crippen LogP contribution is 2.73. The van der Waals surface area contributed by atoms with Gasteiger partial charge in [0.15, 0.2) is 0 Å². The highest BCUT2D eigenvalue weighted by atomic mass is 16.6. The van der Waals surface area contributed by atoms with E-state index in [9.17, 15) is 19.7 Å². The van der Waals surface area contributed by atoms with E-state index in [0.29, 0.717) is 22.8 Å². The summed E-state index contributed by atoms with van der Waals surface area (Å²) in [5, 5.41) is 16.1. The summed E-state index contributed by atoms with van der Waals surface area (Å²) in [5.41, 5.74) is 0.598. The summed E-state index contributed by atoms with van der Waals surface area (Å²) >= 11 is 0. The van der Waals surface area contributed by atoms with Crippen molar-refractivity contribution in [2.75, 3.05) is 7.11 Å². The van der Waals surface area contributed by atoms with Crippen LogP contribution in [0.2, 0.25) is 0 Å². The number of carbonyl (C=O) groups excluding carboxylic acids is 2. The van der Waals surface area contributed by atoms with E-state index in [1.54, 1.807) is 18.2 Å². The maximum absolute atomic E-state index is 13.0. The number of nitro groups is 1. The molecule has 1 aromatic heterocycles. The normalized spacial score (nSPS) is 28.8. The number of hydrogen-bond donors (Lipinski definition) is 0. The summed E-state index contributed by atoms with van der Waals surface area (Å²) in [6.07, 6.45) is 7.77. The molecule has 4 atom stereocenters. The van der Waals surface area contributed by atoms with Crippen molar-refractivity contribution in [3.63, 3.8) is 0 Å². The first-order valence-corrected chi connectivity index (χ1v) is 10.5. The molecule has 2 amide bonds. The van der Waals surface area contributed by atoms with Crippen molar-refractivity contribution in [1.29, 1.82) is 0 Å². The molecule has 1 aromatic carbocycles. The van der Waals surface area contributed by atoms with Gasteiger partial charge in [-0.05, 0) is 48.3 Å². The highest BCUT2D eigenvalue weighted by molar-refractivity contribution is 6.07. The van der Waals surface area contributed by atoms with Crippen LogP contribution in [0.15, 0.2) is 52.0 Å². The second-order valence-corrected chi connectivity index (χ2v) is 8.80. The molecule has 3 aliphatic carbocycles. The Bertz CT molecular complexity index is 1210. The molecule has 2 bridgehead atoms. The van der Waals surface area contributed by atoms with E-state index in [1.807, 2.05) is 0 Å². The van der Waals surface area contributed by atoms with E-state index in [0.717, 1.165) is 17.9 Å². The van der Waals surface area contributed by atoms with Gasteiger partial charge in [-0.2, -0.15) is 10.1 Å². The van der Waals surface area contributed by atoms with E-state index in [1.165, 1.54) is 25.5 Å². The third-order valence-corrected chi connectivity index (χ3v) is 7.42. The Morgan fingerprint density at radius 3 is 2.44 bits per heavy atom. The Morgan fingerprint density at radius 2 is 1.84 bits per heavy atom. The number of furan rings is 1. The van der Waals surface area contributed by atoms with Crippen LogP contribution in [0.1, 0.15) is 18.6 Å². The van der Waals surface area contributed by atoms with E-state index in [2.05, 4.69) is 17.3 Å². The molecular weight excluding hydrogens is 414 g/mol. The zero-order chi connectivity index (χ0) is 22.2. The van der Waals surface area contributed by atoms with Crippen molar-refractivity contribution in [2.45, 2.75) is 12.8 Å². The molecule has 6 rings (SSSR count). The lowest BCUT2D eigenvalue weighted by atomic mass is 9.85. The van der Waals surface area contributed by atoms with Gasteiger partial charge >= 0.3 is 0 Å². The standard InChI is InChI=1S/C23H19N3O6/c1-31-18-10-12(26(29)30)2-4-14(18)17-7-3-13(32-17)11-24-25-21(27)19-15-5-6-16(20(19)22(25)28)23(15)8-9-23/h2-7,10-11,15-16,19-20H,8-9H2,1H3/b24-11-/t15-,16-,19-,20+/m1/s1. The molecule has 162 valence electrons. The lowest BCUT2D eigenvalue weighted by Gasteiger charge is -2.18. The first-order valence-electron chi connectivity index (χ1n) is 10.5. The molecule has 9 heteroatoms. The molecule has 1 saturated heterocycles. The monoisotopic (exact) mass is 433 g/mol. The molecule has 9 nitrogen and oxygen atoms in total. The summed E-state index contributed by atoms with van der Waals surface area (Å²) in [5.74, 6) is 0.309. The second kappa shape index (κ2) is 6.38. The van der Waals surface area contributed by atoms with Crippen LogP contribution in [0.4, 0.5) is 5.69 Å². The van der Waals surface area contributed by atoms with Gasteiger partial charge in [0, 0.05) is 6.07 Å². The number of nitrogens with zero attached hydrogens (tertiary/aromatic N) is 3. The fraction of sp³-hybridized carbons (Fsp3) is 0.348. The highest BCUT2D eigenvalue weighted by Gasteiger charge is 2.73. The lowest BCUT2D eigenvalue weighted by molar-refractivity contribution is -0.384. The Kier molecular flexibility index (Phi) is 3.78. The first-order chi connectivity index (χ1) is 15.4. The van der Waals surface area contributed by atoms with Crippen LogP contribution in [0.3, 0.4) is 0 Å². The summed E-state index contributed by atoms with van der Waals surface area (Å²) in [4.78, 5) is 36.4. The SMILES string of the molecule is COc1cc([N+](=O)[O-])ccc1-c1ccc(/C=N\N2C(=O)[C@@H]3[C@H](C2=O)[C@H]2C=C[C@H]3C23CC3)o1. The van der Waals surface area contributed by atoms with Crippen molar-refractivity contribution < 1.29 is 23.7 Å². The maximum Gasteiger partial charge on any atom is 0.273 e. The minimum Gasteiger partial charge on any atom is -0.496 e. The third-order valence-electron chi connectivity index (χ3n) is 7.42. The molecule has 32 heavy (non-hydrogen) atoms. The molecule has 2 aromatic rings. The van der Waals surface area contributed by atoms with Crippen LogP contribution in [-0.2, 0) is 9.59 Å². The fourth-order valence-electron chi connectivity index (χ4n) is 5.86. The predicted molar refractivity (Wildman–Crippen MR) is 112 cm³/mol. The molecular formula is C23H19N3O6. The first kappa shape index (κ1) is 19.0. The average molecular weight is 433 g/mol. The number of non-ortho nitro benzene ring substituents is 1. The molecule has 0 unspecified atom stereocenters. The number of hydrazone groups is 1. The summed E-state index contributed by atoms with van der Waals surface area (Å²) in [6.45, 7) is 0. The number of allylic oxidation sites excluding steroid dienone is 2. The van der Waals surface area contributed by atoms with Gasteiger partial charge in [-0.25, -0.2) is 0 Å². The minimum absolute atomic E-state index is 0.0908. The number of nitro benzene ring substituents is 1. The predicted octanol–water partition coefficient (Wildman–Crippen LogP) is 3.39. The molecule has 3 fully saturated rings. The number of fused-ring (bicyclic) bond motifs is 3. The molecule has 2 saturated carbocycles. The maximum atomic E-state index is 13.0. The van der Waals surface area contributed by atoms with E-state index < -0.39 is 4.92 Å². The van der Waals surface area contributed by atoms with Gasteiger partial charge in [-0.3, -0.25) is 19.7 Å². The Morgan fingerprint density at radius 1 is 1.16 bits per heavy atom. The van der Waals surface area contributed by atoms with Crippen molar-refractivity contribution in [3.05, 3.63) is 58.4 Å². The van der Waals surface area contributed by atoms with E-state index >= 15 is 0 Å². The molecule has 4 aliphatic rings. The van der Waals surface area contributed by atoms with Gasteiger partial charge in [0.25, 0.3) is 17.5 Å². The van der Waals surface area contributed by atoms with E-state index in [4.69, 9.17) is 9.15 Å². The van der Waals surface area contributed by atoms with Crippen molar-refractivity contribution in [3.8, 4) is 17.1 Å². The minimum atomic E-state index is -0.501. The summed E-state index contributed by atoms with van der Waals surface area (Å²) in [7, 11) is 1.42. The largest absolute Gasteiger partial charge is 0.496 e. The number of hydrogen-bond acceptors (Lipinski definition) is 7. The fourth-order valence-corrected chi connectivity index (χ4v) is 5.86. The number of carbonyl (C=O) groups is 2. The van der Waals surface area contributed by atoms with Crippen LogP contribution < -0.4 is 4.74 Å². The van der Waals surface area contributed by atoms with Crippen LogP contribution >= 0.6 is 0 Å². The smallest absolute Gasteiger partial charge is 0.273 e. The topological polar surface area (TPSA) is 115 Å². The zero-order valence-corrected chi connectivity index (χ0v) is 17.1. The Hall–Kier alpha value is -3.75. The van der Waals surface area contributed by atoms with E-state index in [-0.39, 0.29) is 46.6 Å². The van der Waals surface area contributed by atoms with Crippen LogP contribution in [-0.4, -0.2) is 35.1 Å². The average Bonchev–Trinajstić information content (AvgIpc) is 3.08. The zero-order valence-electron chi connectivity index (χ0n) is 17.1. The van der Waals surface area contributed by atoms with Crippen LogP contribution in [0, 0.1) is 39.2 Å². The van der Waals surface area contributed by atoms with Crippen LogP contribution in [0.5, 0.6) is 5.75 Å². The van der Waals surface area contributed by atoms with Crippen molar-refractivity contribution >= 4 is 23.7 Å². The van der Waals surface area contributed by atoms with Gasteiger partial charge in [0.2, 0.25) is 0 Å².